The molecule has 1 fully saturated rings. The van der Waals surface area contributed by atoms with Gasteiger partial charge in [0, 0.05) is 31.6 Å². The topological polar surface area (TPSA) is 79.0 Å². The van der Waals surface area contributed by atoms with E-state index < -0.39 is 35.2 Å². The fourth-order valence-electron chi connectivity index (χ4n) is 4.85. The number of alkyl halides is 3. The Balaban J connectivity index is 2.06. The lowest BCUT2D eigenvalue weighted by molar-refractivity contribution is -0.138. The van der Waals surface area contributed by atoms with E-state index in [9.17, 15) is 27.6 Å². The maximum Gasteiger partial charge on any atom is 0.417 e. The van der Waals surface area contributed by atoms with Crippen LogP contribution in [0.25, 0.3) is 0 Å². The second kappa shape index (κ2) is 10.9. The van der Waals surface area contributed by atoms with Gasteiger partial charge in [0.15, 0.2) is 6.10 Å². The number of hydrogen-bond donors (Lipinski definition) is 1. The third kappa shape index (κ3) is 5.90. The van der Waals surface area contributed by atoms with E-state index in [1.165, 1.54) is 11.8 Å². The Morgan fingerprint density at radius 3 is 2.43 bits per heavy atom. The predicted octanol–water partition coefficient (Wildman–Crippen LogP) is 4.53. The molecule has 0 aromatic heterocycles. The van der Waals surface area contributed by atoms with Gasteiger partial charge < -0.3 is 19.9 Å². The van der Waals surface area contributed by atoms with Crippen molar-refractivity contribution in [1.82, 2.24) is 10.2 Å². The van der Waals surface area contributed by atoms with Gasteiger partial charge in [-0.25, -0.2) is 0 Å². The Hall–Kier alpha value is -2.78. The molecule has 0 radical (unpaired) electrons. The highest BCUT2D eigenvalue weighted by Gasteiger charge is 2.42. The molecule has 3 amide bonds. The van der Waals surface area contributed by atoms with Gasteiger partial charge in [0.2, 0.25) is 5.91 Å². The summed E-state index contributed by atoms with van der Waals surface area (Å²) in [5.74, 6) is -1.47. The largest absolute Gasteiger partial charge is 0.479 e. The monoisotopic (exact) mass is 497 g/mol. The maximum atomic E-state index is 14.1. The van der Waals surface area contributed by atoms with Crippen molar-refractivity contribution in [3.05, 3.63) is 23.3 Å². The third-order valence-corrected chi connectivity index (χ3v) is 6.58. The number of carbonyl (C=O) groups excluding carboxylic acids is 3. The zero-order valence-corrected chi connectivity index (χ0v) is 20.7. The Kier molecular flexibility index (Phi) is 8.33. The smallest absolute Gasteiger partial charge is 0.417 e. The third-order valence-electron chi connectivity index (χ3n) is 6.58. The van der Waals surface area contributed by atoms with E-state index in [1.54, 1.807) is 25.7 Å². The first-order valence-corrected chi connectivity index (χ1v) is 12.3. The summed E-state index contributed by atoms with van der Waals surface area (Å²) < 4.78 is 47.9. The Morgan fingerprint density at radius 2 is 1.86 bits per heavy atom. The van der Waals surface area contributed by atoms with Crippen LogP contribution in [0.5, 0.6) is 5.75 Å². The van der Waals surface area contributed by atoms with Crippen LogP contribution in [0.15, 0.2) is 12.1 Å². The van der Waals surface area contributed by atoms with Crippen LogP contribution >= 0.6 is 0 Å². The molecule has 0 bridgehead atoms. The molecule has 1 atom stereocenters. The first-order chi connectivity index (χ1) is 16.5. The zero-order chi connectivity index (χ0) is 25.9. The molecule has 1 N–H and O–H groups in total. The number of nitrogens with zero attached hydrogens (tertiary/aromatic N) is 2. The fourth-order valence-corrected chi connectivity index (χ4v) is 4.85. The van der Waals surface area contributed by atoms with Gasteiger partial charge in [0.05, 0.1) is 16.8 Å². The lowest BCUT2D eigenvalue weighted by Crippen LogP contribution is -2.48. The first-order valence-electron chi connectivity index (χ1n) is 12.3. The molecular weight excluding hydrogens is 463 g/mol. The van der Waals surface area contributed by atoms with Crippen molar-refractivity contribution in [2.24, 2.45) is 0 Å². The van der Waals surface area contributed by atoms with Gasteiger partial charge in [-0.05, 0) is 45.7 Å². The zero-order valence-electron chi connectivity index (χ0n) is 20.7. The summed E-state index contributed by atoms with van der Waals surface area (Å²) in [5, 5.41) is 2.67. The van der Waals surface area contributed by atoms with E-state index in [0.29, 0.717) is 0 Å². The average molecular weight is 498 g/mol. The lowest BCUT2D eigenvalue weighted by Gasteiger charge is -2.39. The van der Waals surface area contributed by atoms with Crippen LogP contribution in [0, 0.1) is 0 Å². The van der Waals surface area contributed by atoms with E-state index in [-0.39, 0.29) is 48.9 Å². The highest BCUT2D eigenvalue weighted by atomic mass is 19.4. The van der Waals surface area contributed by atoms with E-state index in [4.69, 9.17) is 4.74 Å². The molecule has 7 nitrogen and oxygen atoms in total. The van der Waals surface area contributed by atoms with E-state index in [1.807, 2.05) is 0 Å². The van der Waals surface area contributed by atoms with Crippen LogP contribution in [0.4, 0.5) is 18.9 Å². The Bertz CT molecular complexity index is 958. The molecule has 1 heterocycles. The number of fused-ring (bicyclic) bond motifs is 1. The second-order valence-electron chi connectivity index (χ2n) is 9.41. The van der Waals surface area contributed by atoms with Gasteiger partial charge in [-0.1, -0.05) is 26.2 Å². The van der Waals surface area contributed by atoms with E-state index in [0.717, 1.165) is 44.2 Å². The summed E-state index contributed by atoms with van der Waals surface area (Å²) in [5.41, 5.74) is -1.48. The molecule has 1 aromatic carbocycles. The van der Waals surface area contributed by atoms with Crippen LogP contribution in [0.1, 0.15) is 82.1 Å². The molecule has 2 aliphatic rings. The van der Waals surface area contributed by atoms with Crippen LogP contribution in [-0.2, 0) is 15.8 Å². The van der Waals surface area contributed by atoms with Crippen molar-refractivity contribution in [2.75, 3.05) is 18.0 Å². The molecule has 1 aliphatic heterocycles. The number of amides is 3. The van der Waals surface area contributed by atoms with Gasteiger partial charge in [0.25, 0.3) is 11.8 Å². The minimum absolute atomic E-state index is 0.0424. The molecule has 1 saturated carbocycles. The summed E-state index contributed by atoms with van der Waals surface area (Å²) in [7, 11) is 0. The van der Waals surface area contributed by atoms with Gasteiger partial charge >= 0.3 is 6.18 Å². The first kappa shape index (κ1) is 26.8. The van der Waals surface area contributed by atoms with Crippen LogP contribution in [-0.4, -0.2) is 53.9 Å². The summed E-state index contributed by atoms with van der Waals surface area (Å²) in [4.78, 5) is 41.0. The molecule has 0 unspecified atom stereocenters. The van der Waals surface area contributed by atoms with Crippen molar-refractivity contribution in [3.8, 4) is 5.75 Å². The summed E-state index contributed by atoms with van der Waals surface area (Å²) in [6.45, 7) is 6.91. The molecule has 194 valence electrons. The number of halogens is 3. The van der Waals surface area contributed by atoms with Gasteiger partial charge in [-0.15, -0.1) is 0 Å². The number of anilines is 1. The number of benzene rings is 1. The molecule has 10 heteroatoms. The van der Waals surface area contributed by atoms with Gasteiger partial charge in [-0.2, -0.15) is 13.2 Å². The number of rotatable bonds is 7. The summed E-state index contributed by atoms with van der Waals surface area (Å²) in [6, 6.07) is 1.53. The molecular formula is C25H34F3N3O4. The van der Waals surface area contributed by atoms with Crippen LogP contribution in [0.3, 0.4) is 0 Å². The Labute approximate surface area is 204 Å². The number of ether oxygens (including phenoxy) is 1. The quantitative estimate of drug-likeness (QED) is 0.601. The molecule has 0 saturated heterocycles. The summed E-state index contributed by atoms with van der Waals surface area (Å²) in [6.07, 6.45) is -1.13. The number of nitrogens with one attached hydrogen (secondary N) is 1. The molecule has 1 aromatic rings. The Morgan fingerprint density at radius 1 is 1.20 bits per heavy atom. The second-order valence-corrected chi connectivity index (χ2v) is 9.41. The average Bonchev–Trinajstić information content (AvgIpc) is 2.80. The lowest BCUT2D eigenvalue weighted by atomic mass is 9.92. The minimum Gasteiger partial charge on any atom is -0.479 e. The number of hydrogen-bond acceptors (Lipinski definition) is 4. The fraction of sp³-hybridized carbons (Fsp3) is 0.640. The number of carbonyl (C=O) groups is 3. The van der Waals surface area contributed by atoms with E-state index in [2.05, 4.69) is 5.32 Å². The normalized spacial score (nSPS) is 18.8. The molecule has 35 heavy (non-hydrogen) atoms. The van der Waals surface area contributed by atoms with Gasteiger partial charge in [-0.3, -0.25) is 14.4 Å². The van der Waals surface area contributed by atoms with Crippen molar-refractivity contribution < 1.29 is 32.3 Å². The van der Waals surface area contributed by atoms with Crippen LogP contribution < -0.4 is 15.0 Å². The van der Waals surface area contributed by atoms with Crippen molar-refractivity contribution in [3.63, 3.8) is 0 Å². The van der Waals surface area contributed by atoms with Crippen molar-refractivity contribution in [2.45, 2.75) is 90.6 Å². The van der Waals surface area contributed by atoms with E-state index >= 15 is 0 Å². The predicted molar refractivity (Wildman–Crippen MR) is 125 cm³/mol. The standard InChI is InChI=1S/C25H34F3N3O4/c1-5-22(32)29-11-12-30-20-13-18(24(34)31(15(2)3)17-9-7-6-8-10-17)19(25(26,27)28)14-21(20)35-16(4)23(30)33/h13-17H,5-12H2,1-4H3,(H,29,32)/t16-/m0/s1. The maximum absolute atomic E-state index is 14.1. The SMILES string of the molecule is CCC(=O)NCCN1C(=O)[C@H](C)Oc2cc(C(F)(F)F)c(C(=O)N(C(C)C)C3CCCCC3)cc21. The molecule has 1 aliphatic carbocycles. The molecule has 0 spiro atoms. The van der Waals surface area contributed by atoms with Crippen molar-refractivity contribution in [1.29, 1.82) is 0 Å². The molecule has 3 rings (SSSR count). The minimum atomic E-state index is -4.79. The highest BCUT2D eigenvalue weighted by Crippen LogP contribution is 2.43. The van der Waals surface area contributed by atoms with Crippen molar-refractivity contribution >= 4 is 23.4 Å². The van der Waals surface area contributed by atoms with Gasteiger partial charge in [0.1, 0.15) is 5.75 Å². The van der Waals surface area contributed by atoms with Crippen LogP contribution in [0.2, 0.25) is 0 Å². The summed E-state index contributed by atoms with van der Waals surface area (Å²) >= 11 is 0. The highest BCUT2D eigenvalue weighted by molar-refractivity contribution is 6.03.